The molecule has 9 atom stereocenters. The monoisotopic (exact) mass is 1180 g/mol. The quantitative estimate of drug-likeness (QED) is 0.0518. The molecule has 3 N–H and O–H groups in total. The smallest absolute Gasteiger partial charge is 0.409 e. The molecule has 0 radical (unpaired) electrons. The first-order valence-corrected chi connectivity index (χ1v) is 28.6. The number of carbonyl (C=O) groups is 9. The van der Waals surface area contributed by atoms with E-state index in [1.54, 1.807) is 20.9 Å². The Bertz CT molecular complexity index is 2520. The van der Waals surface area contributed by atoms with Gasteiger partial charge in [-0.25, -0.2) is 14.4 Å². The number of hydrogen-bond acceptors (Lipinski definition) is 20. The van der Waals surface area contributed by atoms with Gasteiger partial charge < -0.3 is 58.1 Å². The number of imide groups is 2. The number of thioether (sulfide) groups is 1. The molecule has 5 aliphatic heterocycles. The number of halogens is 1. The van der Waals surface area contributed by atoms with Crippen LogP contribution in [0.5, 0.6) is 0 Å². The zero-order valence-corrected chi connectivity index (χ0v) is 48.6. The van der Waals surface area contributed by atoms with E-state index in [4.69, 9.17) is 54.3 Å². The summed E-state index contributed by atoms with van der Waals surface area (Å²) in [6.07, 6.45) is 1.22. The van der Waals surface area contributed by atoms with E-state index in [9.17, 15) is 48.3 Å². The summed E-state index contributed by atoms with van der Waals surface area (Å²) in [6.45, 7) is 12.2. The van der Waals surface area contributed by atoms with Crippen LogP contribution in [-0.4, -0.2) is 195 Å². The van der Waals surface area contributed by atoms with Crippen molar-refractivity contribution in [3.8, 4) is 0 Å². The van der Waals surface area contributed by atoms with Gasteiger partial charge in [-0.3, -0.25) is 39.0 Å². The average Bonchev–Trinajstić information content (AvgIpc) is 4.08. The number of nitrogens with one attached hydrogen (secondary N) is 2. The Labute approximate surface area is 480 Å². The van der Waals surface area contributed by atoms with Gasteiger partial charge in [-0.2, -0.15) is 0 Å². The Hall–Kier alpha value is -5.51. The van der Waals surface area contributed by atoms with E-state index in [1.807, 2.05) is 51.1 Å². The SMILES string of the molecule is C/C1=C\C=C\[C@@H](C)[C@@]2(O)CC(OC(=O)N2)[C@@H](C)[C@@H]2O[C@@]2(C)[C@@H](OC(=O)[C@H](C)OCCOCCSC2CC(=O)N(CCC(=O)NCCOCCOCCOCCC(=O)ON3C(=O)CCC3=O)C2=O)CC(=O)N(C)c2cc(cc(C)c2Cl)C1. The molecule has 6 rings (SSSR count). The molecule has 81 heavy (non-hydrogen) atoms. The van der Waals surface area contributed by atoms with Crippen LogP contribution in [-0.2, 0) is 87.5 Å². The summed E-state index contributed by atoms with van der Waals surface area (Å²) >= 11 is 8.07. The van der Waals surface area contributed by atoms with E-state index in [0.717, 1.165) is 21.6 Å². The number of ether oxygens (including phenoxy) is 8. The van der Waals surface area contributed by atoms with E-state index in [2.05, 4.69) is 10.6 Å². The maximum Gasteiger partial charge on any atom is 0.409 e. The fraction of sp³-hybridized carbons (Fsp3) is 0.655. The summed E-state index contributed by atoms with van der Waals surface area (Å²) in [5.41, 5.74) is 0.309. The molecule has 24 nitrogen and oxygen atoms in total. The van der Waals surface area contributed by atoms with Crippen molar-refractivity contribution in [3.05, 3.63) is 52.1 Å². The topological polar surface area (TPSA) is 294 Å². The van der Waals surface area contributed by atoms with E-state index in [-0.39, 0.29) is 135 Å². The molecule has 26 heteroatoms. The Kier molecular flexibility index (Phi) is 24.1. The second kappa shape index (κ2) is 30.2. The van der Waals surface area contributed by atoms with Crippen LogP contribution >= 0.6 is 23.4 Å². The van der Waals surface area contributed by atoms with Gasteiger partial charge in [-0.1, -0.05) is 55.3 Å². The summed E-state index contributed by atoms with van der Waals surface area (Å²) in [5.74, 6) is -4.78. The van der Waals surface area contributed by atoms with Crippen LogP contribution in [0, 0.1) is 18.8 Å². The van der Waals surface area contributed by atoms with Crippen molar-refractivity contribution in [1.29, 1.82) is 0 Å². The summed E-state index contributed by atoms with van der Waals surface area (Å²) in [7, 11) is 1.61. The number of likely N-dealkylation sites (tertiary alicyclic amines) is 1. The number of hydroxylamine groups is 2. The van der Waals surface area contributed by atoms with Crippen LogP contribution in [0.15, 0.2) is 35.9 Å². The molecule has 5 aliphatic rings. The van der Waals surface area contributed by atoms with Gasteiger partial charge in [-0.05, 0) is 51.3 Å². The molecule has 4 bridgehead atoms. The first kappa shape index (κ1) is 64.7. The standard InChI is InChI=1S/C55H76ClN5O19S/c1-33-9-8-10-35(3)55(71)32-40(77-53(70)58-55)36(4)50-54(6,79-50)42(31-46(65)59(7)39-29-38(27-33)28-34(2)49(39)56)78-52(69)37(5)76-24-23-75-25-26-81-41-30-47(66)60(51(41)68)16-13-43(62)57-15-18-73-20-22-74-21-19-72-17-14-48(67)80-61-44(63)11-12-45(61)64/h8-10,28-29,35-37,40-42,50,71H,11-27,30-32H2,1-7H3,(H,57,62)(H,58,70)/b10-8+,33-9+/t35-,36-,37+,40?,41?,42+,50+,54+,55+/m1/s1. The molecule has 0 spiro atoms. The number of hydrogen-bond donors (Lipinski definition) is 3. The second-order valence-corrected chi connectivity index (χ2v) is 22.5. The van der Waals surface area contributed by atoms with Gasteiger partial charge in [0.2, 0.25) is 23.6 Å². The van der Waals surface area contributed by atoms with Crippen LogP contribution in [0.1, 0.15) is 90.7 Å². The zero-order chi connectivity index (χ0) is 59.0. The molecule has 1 aromatic rings. The Morgan fingerprint density at radius 3 is 2.27 bits per heavy atom. The summed E-state index contributed by atoms with van der Waals surface area (Å²) < 4.78 is 45.7. The molecule has 4 saturated heterocycles. The third-order valence-corrected chi connectivity index (χ3v) is 16.2. The van der Waals surface area contributed by atoms with Crippen LogP contribution in [0.4, 0.5) is 10.5 Å². The average molecular weight is 1180 g/mol. The highest BCUT2D eigenvalue weighted by atomic mass is 35.5. The normalized spacial score (nSPS) is 27.5. The van der Waals surface area contributed by atoms with Gasteiger partial charge in [0.05, 0.1) is 94.4 Å². The highest BCUT2D eigenvalue weighted by molar-refractivity contribution is 8.00. The minimum Gasteiger partial charge on any atom is -0.457 e. The van der Waals surface area contributed by atoms with Crippen molar-refractivity contribution in [2.45, 2.75) is 134 Å². The highest BCUT2D eigenvalue weighted by Crippen LogP contribution is 2.49. The van der Waals surface area contributed by atoms with Gasteiger partial charge in [0.25, 0.3) is 11.8 Å². The summed E-state index contributed by atoms with van der Waals surface area (Å²) in [4.78, 5) is 121. The number of carbonyl (C=O) groups excluding carboxylic acids is 9. The van der Waals surface area contributed by atoms with Crippen molar-refractivity contribution in [1.82, 2.24) is 20.6 Å². The molecule has 5 heterocycles. The zero-order valence-electron chi connectivity index (χ0n) is 47.0. The number of allylic oxidation sites excluding steroid dienone is 3. The number of alkyl carbamates (subject to hydrolysis) is 1. The van der Waals surface area contributed by atoms with Crippen LogP contribution in [0.2, 0.25) is 5.02 Å². The predicted octanol–water partition coefficient (Wildman–Crippen LogP) is 3.42. The number of esters is 1. The minimum absolute atomic E-state index is 0.00351. The van der Waals surface area contributed by atoms with Crippen molar-refractivity contribution in [2.75, 3.05) is 90.3 Å². The van der Waals surface area contributed by atoms with Gasteiger partial charge in [0.15, 0.2) is 6.10 Å². The molecule has 2 unspecified atom stereocenters. The molecular weight excluding hydrogens is 1100 g/mol. The maximum absolute atomic E-state index is 14.2. The molecule has 4 fully saturated rings. The number of aliphatic hydroxyl groups is 1. The van der Waals surface area contributed by atoms with Crippen LogP contribution in [0.25, 0.3) is 0 Å². The lowest BCUT2D eigenvalue weighted by Crippen LogP contribution is -2.60. The van der Waals surface area contributed by atoms with E-state index < -0.39 is 88.6 Å². The van der Waals surface area contributed by atoms with Gasteiger partial charge >= 0.3 is 18.0 Å². The lowest BCUT2D eigenvalue weighted by molar-refractivity contribution is -0.198. The molecule has 0 aromatic heterocycles. The fourth-order valence-electron chi connectivity index (χ4n) is 9.57. The third-order valence-electron chi connectivity index (χ3n) is 14.5. The predicted molar refractivity (Wildman–Crippen MR) is 291 cm³/mol. The Balaban J connectivity index is 0.871. The molecule has 1 aromatic carbocycles. The van der Waals surface area contributed by atoms with Crippen molar-refractivity contribution in [2.24, 2.45) is 11.8 Å². The number of nitrogens with zero attached hydrogens (tertiary/aromatic N) is 3. The van der Waals surface area contributed by atoms with Crippen LogP contribution < -0.4 is 15.5 Å². The first-order valence-electron chi connectivity index (χ1n) is 27.2. The summed E-state index contributed by atoms with van der Waals surface area (Å²) in [5, 5.41) is 17.3. The number of anilines is 1. The van der Waals surface area contributed by atoms with Gasteiger partial charge in [-0.15, -0.1) is 16.8 Å². The number of amides is 7. The molecule has 0 saturated carbocycles. The number of rotatable bonds is 26. The number of aryl methyl sites for hydroxylation is 1. The Morgan fingerprint density at radius 1 is 0.889 bits per heavy atom. The lowest BCUT2D eigenvalue weighted by Gasteiger charge is -2.41. The van der Waals surface area contributed by atoms with Crippen molar-refractivity contribution < 1.29 is 91.0 Å². The van der Waals surface area contributed by atoms with E-state index >= 15 is 0 Å². The van der Waals surface area contributed by atoms with Crippen LogP contribution in [0.3, 0.4) is 0 Å². The first-order chi connectivity index (χ1) is 38.5. The van der Waals surface area contributed by atoms with Gasteiger partial charge in [0.1, 0.15) is 23.5 Å². The largest absolute Gasteiger partial charge is 0.457 e. The maximum atomic E-state index is 14.2. The number of benzene rings is 1. The highest BCUT2D eigenvalue weighted by Gasteiger charge is 2.64. The van der Waals surface area contributed by atoms with Crippen molar-refractivity contribution >= 4 is 82.5 Å². The molecule has 0 aliphatic carbocycles. The third kappa shape index (κ3) is 18.2. The summed E-state index contributed by atoms with van der Waals surface area (Å²) in [6, 6.07) is 3.81. The number of epoxide rings is 1. The lowest BCUT2D eigenvalue weighted by atomic mass is 9.82. The molecule has 448 valence electrons. The van der Waals surface area contributed by atoms with E-state index in [1.165, 1.54) is 23.6 Å². The Morgan fingerprint density at radius 2 is 1.56 bits per heavy atom. The van der Waals surface area contributed by atoms with Gasteiger partial charge in [0, 0.05) is 69.8 Å². The molecule has 7 amide bonds. The minimum atomic E-state index is -1.64. The molecular formula is C55H76ClN5O19S. The van der Waals surface area contributed by atoms with Crippen molar-refractivity contribution in [3.63, 3.8) is 0 Å². The second-order valence-electron chi connectivity index (χ2n) is 20.8. The fourth-order valence-corrected chi connectivity index (χ4v) is 10.8. The van der Waals surface area contributed by atoms with E-state index in [0.29, 0.717) is 27.9 Å². The number of fused-ring (bicyclic) bond motifs is 5.